The highest BCUT2D eigenvalue weighted by atomic mass is 16.4. The van der Waals surface area contributed by atoms with E-state index in [-0.39, 0.29) is 0 Å². The number of carbonyl (C=O) groups is 1. The van der Waals surface area contributed by atoms with Gasteiger partial charge >= 0.3 is 5.97 Å². The van der Waals surface area contributed by atoms with Crippen LogP contribution in [0.25, 0.3) is 0 Å². The lowest BCUT2D eigenvalue weighted by Gasteiger charge is -2.26. The molecule has 0 aliphatic heterocycles. The van der Waals surface area contributed by atoms with Crippen LogP contribution in [0.2, 0.25) is 0 Å². The summed E-state index contributed by atoms with van der Waals surface area (Å²) in [5.74, 6) is 0.182. The Morgan fingerprint density at radius 1 is 1.53 bits per heavy atom. The molecule has 0 saturated heterocycles. The minimum absolute atomic E-state index is 0.301. The maximum absolute atomic E-state index is 10.8. The Labute approximate surface area is 89.2 Å². The lowest BCUT2D eigenvalue weighted by molar-refractivity contribution is 0.0696. The van der Waals surface area contributed by atoms with Crippen LogP contribution in [0, 0.1) is 5.92 Å². The molecule has 1 heterocycles. The third-order valence-corrected chi connectivity index (χ3v) is 3.04. The van der Waals surface area contributed by atoms with E-state index in [2.05, 4.69) is 18.8 Å². The second-order valence-electron chi connectivity index (χ2n) is 4.52. The Morgan fingerprint density at radius 2 is 2.27 bits per heavy atom. The predicted molar refractivity (Wildman–Crippen MR) is 57.1 cm³/mol. The van der Waals surface area contributed by atoms with Gasteiger partial charge in [-0.1, -0.05) is 13.8 Å². The first-order valence-electron chi connectivity index (χ1n) is 5.30. The summed E-state index contributed by atoms with van der Waals surface area (Å²) >= 11 is 0. The fraction of sp³-hybridized carbons (Fsp3) is 0.500. The van der Waals surface area contributed by atoms with Crippen LogP contribution in [0.3, 0.4) is 0 Å². The van der Waals surface area contributed by atoms with Crippen molar-refractivity contribution < 1.29 is 9.90 Å². The molecule has 1 N–H and O–H groups in total. The molecule has 1 aliphatic rings. The number of pyridine rings is 1. The number of rotatable bonds is 1. The summed E-state index contributed by atoms with van der Waals surface area (Å²) in [6.45, 7) is 4.36. The van der Waals surface area contributed by atoms with Gasteiger partial charge in [0.15, 0.2) is 0 Å². The molecule has 1 aromatic rings. The van der Waals surface area contributed by atoms with Gasteiger partial charge in [-0.15, -0.1) is 0 Å². The zero-order chi connectivity index (χ0) is 11.0. The number of hydrogen-bond acceptors (Lipinski definition) is 2. The van der Waals surface area contributed by atoms with Crippen LogP contribution in [0.5, 0.6) is 0 Å². The van der Waals surface area contributed by atoms with Crippen molar-refractivity contribution in [3.05, 3.63) is 29.1 Å². The molecule has 0 radical (unpaired) electrons. The molecule has 80 valence electrons. The molecule has 3 nitrogen and oxygen atoms in total. The fourth-order valence-electron chi connectivity index (χ4n) is 2.42. The lowest BCUT2D eigenvalue weighted by atomic mass is 9.81. The van der Waals surface area contributed by atoms with Crippen molar-refractivity contribution in [3.63, 3.8) is 0 Å². The van der Waals surface area contributed by atoms with E-state index in [0.717, 1.165) is 24.1 Å². The Morgan fingerprint density at radius 3 is 2.93 bits per heavy atom. The summed E-state index contributed by atoms with van der Waals surface area (Å²) in [7, 11) is 0. The number of carboxylic acids is 1. The van der Waals surface area contributed by atoms with Crippen LogP contribution in [0.1, 0.15) is 47.8 Å². The van der Waals surface area contributed by atoms with E-state index in [4.69, 9.17) is 5.11 Å². The zero-order valence-corrected chi connectivity index (χ0v) is 9.03. The first kappa shape index (κ1) is 10.1. The molecule has 0 aromatic carbocycles. The summed E-state index contributed by atoms with van der Waals surface area (Å²) < 4.78 is 0. The van der Waals surface area contributed by atoms with Crippen molar-refractivity contribution in [2.75, 3.05) is 0 Å². The Kier molecular flexibility index (Phi) is 2.47. The zero-order valence-electron chi connectivity index (χ0n) is 9.03. The van der Waals surface area contributed by atoms with Crippen molar-refractivity contribution >= 4 is 5.97 Å². The molecule has 0 amide bonds. The van der Waals surface area contributed by atoms with Crippen LogP contribution in [0.4, 0.5) is 0 Å². The fourth-order valence-corrected chi connectivity index (χ4v) is 2.42. The average molecular weight is 205 g/mol. The molecular weight excluding hydrogens is 190 g/mol. The molecule has 0 spiro atoms. The Bertz CT molecular complexity index is 401. The lowest BCUT2D eigenvalue weighted by Crippen LogP contribution is -2.17. The van der Waals surface area contributed by atoms with Crippen LogP contribution >= 0.6 is 0 Å². The van der Waals surface area contributed by atoms with E-state index in [1.54, 1.807) is 6.07 Å². The second kappa shape index (κ2) is 3.65. The van der Waals surface area contributed by atoms with Gasteiger partial charge in [-0.25, -0.2) is 4.79 Å². The molecule has 2 atom stereocenters. The number of carboxylic acid groups (broad SMARTS) is 1. The highest BCUT2D eigenvalue weighted by Gasteiger charge is 2.23. The Balaban J connectivity index is 2.43. The summed E-state index contributed by atoms with van der Waals surface area (Å²) in [4.78, 5) is 15.1. The monoisotopic (exact) mass is 205 g/mol. The second-order valence-corrected chi connectivity index (χ2v) is 4.52. The van der Waals surface area contributed by atoms with E-state index in [1.165, 1.54) is 6.20 Å². The maximum atomic E-state index is 10.8. The normalized spacial score (nSPS) is 24.7. The molecule has 0 bridgehead atoms. The highest BCUT2D eigenvalue weighted by Crippen LogP contribution is 2.33. The maximum Gasteiger partial charge on any atom is 0.337 e. The molecule has 2 rings (SSSR count). The van der Waals surface area contributed by atoms with Crippen LogP contribution in [-0.2, 0) is 6.42 Å². The summed E-state index contributed by atoms with van der Waals surface area (Å²) in [6, 6.07) is 1.77. The predicted octanol–water partition coefficient (Wildman–Crippen LogP) is 2.47. The van der Waals surface area contributed by atoms with Gasteiger partial charge in [0, 0.05) is 11.9 Å². The van der Waals surface area contributed by atoms with Gasteiger partial charge in [-0.3, -0.25) is 4.98 Å². The molecule has 1 aliphatic carbocycles. The number of aromatic carboxylic acids is 1. The quantitative estimate of drug-likeness (QED) is 0.766. The molecule has 0 saturated carbocycles. The third-order valence-electron chi connectivity index (χ3n) is 3.04. The van der Waals surface area contributed by atoms with Gasteiger partial charge in [-0.2, -0.15) is 0 Å². The van der Waals surface area contributed by atoms with Gasteiger partial charge in [0.25, 0.3) is 0 Å². The first-order chi connectivity index (χ1) is 7.08. The van der Waals surface area contributed by atoms with E-state index in [1.807, 2.05) is 0 Å². The molecule has 15 heavy (non-hydrogen) atoms. The van der Waals surface area contributed by atoms with Crippen molar-refractivity contribution in [2.45, 2.75) is 32.6 Å². The summed E-state index contributed by atoms with van der Waals surface area (Å²) in [5, 5.41) is 8.88. The van der Waals surface area contributed by atoms with E-state index >= 15 is 0 Å². The topological polar surface area (TPSA) is 50.2 Å². The van der Waals surface area contributed by atoms with E-state index < -0.39 is 5.97 Å². The van der Waals surface area contributed by atoms with Crippen molar-refractivity contribution in [3.8, 4) is 0 Å². The van der Waals surface area contributed by atoms with Crippen LogP contribution in [-0.4, -0.2) is 16.1 Å². The van der Waals surface area contributed by atoms with Gasteiger partial charge in [0.1, 0.15) is 0 Å². The highest BCUT2D eigenvalue weighted by molar-refractivity contribution is 5.87. The van der Waals surface area contributed by atoms with Gasteiger partial charge < -0.3 is 5.11 Å². The SMILES string of the molecule is CC1Cc2cc(C(=O)O)cnc2C(C)C1. The van der Waals surface area contributed by atoms with Crippen LogP contribution in [0.15, 0.2) is 12.3 Å². The minimum Gasteiger partial charge on any atom is -0.478 e. The van der Waals surface area contributed by atoms with Crippen molar-refractivity contribution in [1.82, 2.24) is 4.98 Å². The number of hydrogen-bond donors (Lipinski definition) is 1. The van der Waals surface area contributed by atoms with Gasteiger partial charge in [-0.05, 0) is 36.3 Å². The summed E-state index contributed by atoms with van der Waals surface area (Å²) in [5.41, 5.74) is 2.49. The smallest absolute Gasteiger partial charge is 0.337 e. The average Bonchev–Trinajstić information content (AvgIpc) is 2.16. The molecule has 0 fully saturated rings. The first-order valence-corrected chi connectivity index (χ1v) is 5.30. The van der Waals surface area contributed by atoms with Crippen LogP contribution < -0.4 is 0 Å². The van der Waals surface area contributed by atoms with E-state index in [9.17, 15) is 4.79 Å². The molecule has 1 aromatic heterocycles. The van der Waals surface area contributed by atoms with Crippen molar-refractivity contribution in [1.29, 1.82) is 0 Å². The standard InChI is InChI=1S/C12H15NO2/c1-7-3-8(2)11-9(4-7)5-10(6-13-11)12(14)15/h5-8H,3-4H2,1-2H3,(H,14,15). The van der Waals surface area contributed by atoms with Crippen molar-refractivity contribution in [2.24, 2.45) is 5.92 Å². The Hall–Kier alpha value is -1.38. The molecule has 3 heteroatoms. The molecule has 2 unspecified atom stereocenters. The van der Waals surface area contributed by atoms with Gasteiger partial charge in [0.05, 0.1) is 5.56 Å². The number of aromatic nitrogens is 1. The number of nitrogens with zero attached hydrogens (tertiary/aromatic N) is 1. The summed E-state index contributed by atoms with van der Waals surface area (Å²) in [6.07, 6.45) is 3.56. The molecular formula is C12H15NO2. The minimum atomic E-state index is -0.892. The van der Waals surface area contributed by atoms with E-state index in [0.29, 0.717) is 17.4 Å². The largest absolute Gasteiger partial charge is 0.478 e. The number of fused-ring (bicyclic) bond motifs is 1. The third kappa shape index (κ3) is 1.87. The van der Waals surface area contributed by atoms with Gasteiger partial charge in [0.2, 0.25) is 0 Å².